The maximum atomic E-state index is 13.4. The molecule has 2 heterocycles. The Balaban J connectivity index is 1.26. The molecule has 1 aromatic heterocycles. The monoisotopic (exact) mass is 585 g/mol. The van der Waals surface area contributed by atoms with E-state index in [-0.39, 0.29) is 23.6 Å². The Kier molecular flexibility index (Phi) is 9.12. The van der Waals surface area contributed by atoms with Gasteiger partial charge in [-0.25, -0.2) is 0 Å². The quantitative estimate of drug-likeness (QED) is 0.264. The first-order valence-corrected chi connectivity index (χ1v) is 14.8. The summed E-state index contributed by atoms with van der Waals surface area (Å²) in [5.74, 6) is 2.05. The normalized spacial score (nSPS) is 15.0. The fraction of sp³-hybridized carbons (Fsp3) is 0.312. The van der Waals surface area contributed by atoms with Crippen molar-refractivity contribution in [1.29, 1.82) is 0 Å². The van der Waals surface area contributed by atoms with Crippen LogP contribution in [0.15, 0.2) is 78.0 Å². The third-order valence-electron chi connectivity index (χ3n) is 7.33. The van der Waals surface area contributed by atoms with Crippen LogP contribution in [0.4, 0.5) is 0 Å². The summed E-state index contributed by atoms with van der Waals surface area (Å²) in [6, 6.07) is 23.4. The third kappa shape index (κ3) is 6.60. The summed E-state index contributed by atoms with van der Waals surface area (Å²) in [6.45, 7) is 5.37. The predicted octanol–water partition coefficient (Wildman–Crippen LogP) is 4.65. The molecule has 1 atom stereocenters. The molecule has 1 aliphatic heterocycles. The van der Waals surface area contributed by atoms with Crippen LogP contribution in [0.5, 0.6) is 11.5 Å². The van der Waals surface area contributed by atoms with E-state index in [0.717, 1.165) is 22.6 Å². The van der Waals surface area contributed by atoms with Gasteiger partial charge in [0.05, 0.1) is 20.0 Å². The average Bonchev–Trinajstić information content (AvgIpc) is 3.41. The highest BCUT2D eigenvalue weighted by Gasteiger charge is 2.31. The van der Waals surface area contributed by atoms with E-state index in [2.05, 4.69) is 41.4 Å². The lowest BCUT2D eigenvalue weighted by atomic mass is 10.1. The number of benzene rings is 3. The fourth-order valence-electron chi connectivity index (χ4n) is 5.11. The Labute approximate surface area is 250 Å². The molecular formula is C32H35N5O4S. The second-order valence-corrected chi connectivity index (χ2v) is 11.3. The Bertz CT molecular complexity index is 1540. The number of methoxy groups -OCH3 is 2. The van der Waals surface area contributed by atoms with Gasteiger partial charge in [-0.15, -0.1) is 10.2 Å². The van der Waals surface area contributed by atoms with Gasteiger partial charge in [0.1, 0.15) is 17.3 Å². The minimum atomic E-state index is -0.147. The molecule has 218 valence electrons. The van der Waals surface area contributed by atoms with Crippen LogP contribution in [0.2, 0.25) is 0 Å². The molecule has 0 bridgehead atoms. The number of hydrogen-bond acceptors (Lipinski definition) is 7. The van der Waals surface area contributed by atoms with Crippen LogP contribution in [-0.2, 0) is 11.2 Å². The number of nitrogens with zero attached hydrogens (tertiary/aromatic N) is 5. The Hall–Kier alpha value is -4.31. The molecule has 42 heavy (non-hydrogen) atoms. The van der Waals surface area contributed by atoms with Gasteiger partial charge in [-0.1, -0.05) is 54.2 Å². The fourth-order valence-corrected chi connectivity index (χ4v) is 5.99. The molecule has 0 N–H and O–H groups in total. The number of aromatic nitrogens is 3. The number of thioether (sulfide) groups is 1. The van der Waals surface area contributed by atoms with Gasteiger partial charge < -0.3 is 19.3 Å². The molecule has 4 aromatic rings. The predicted molar refractivity (Wildman–Crippen MR) is 163 cm³/mol. The Morgan fingerprint density at radius 1 is 0.929 bits per heavy atom. The lowest BCUT2D eigenvalue weighted by Crippen LogP contribution is -2.55. The lowest BCUT2D eigenvalue weighted by Gasteiger charge is -2.40. The van der Waals surface area contributed by atoms with Gasteiger partial charge >= 0.3 is 0 Å². The summed E-state index contributed by atoms with van der Waals surface area (Å²) >= 11 is 1.38. The molecule has 5 rings (SSSR count). The molecule has 3 aromatic carbocycles. The molecule has 0 radical (unpaired) electrons. The van der Waals surface area contributed by atoms with Gasteiger partial charge in [0.2, 0.25) is 5.91 Å². The van der Waals surface area contributed by atoms with Gasteiger partial charge in [-0.2, -0.15) is 0 Å². The van der Waals surface area contributed by atoms with E-state index in [1.807, 2.05) is 46.7 Å². The standard InChI is InChI=1S/C32H35N5O4S/c1-22-9-8-12-26(15-22)37-29(16-24-10-6-5-7-11-24)33-34-32(37)42-21-30(38)35-13-14-36(23(2)20-35)31(39)25-17-27(40-3)19-28(18-25)41-4/h5-12,15,17-19,23H,13-14,16,20-21H2,1-4H3. The number of hydrogen-bond donors (Lipinski definition) is 0. The van der Waals surface area contributed by atoms with E-state index in [0.29, 0.717) is 48.3 Å². The van der Waals surface area contributed by atoms with E-state index >= 15 is 0 Å². The summed E-state index contributed by atoms with van der Waals surface area (Å²) in [5.41, 5.74) is 3.74. The number of carbonyl (C=O) groups excluding carboxylic acids is 2. The minimum absolute atomic E-state index is 0.00500. The second kappa shape index (κ2) is 13.1. The molecule has 2 amide bonds. The van der Waals surface area contributed by atoms with Crippen molar-refractivity contribution in [3.63, 3.8) is 0 Å². The molecule has 0 spiro atoms. The molecular weight excluding hydrogens is 550 g/mol. The number of ether oxygens (including phenoxy) is 2. The molecule has 0 saturated carbocycles. The van der Waals surface area contributed by atoms with E-state index < -0.39 is 0 Å². The van der Waals surface area contributed by atoms with Crippen LogP contribution >= 0.6 is 11.8 Å². The summed E-state index contributed by atoms with van der Waals surface area (Å²) in [6.07, 6.45) is 0.628. The van der Waals surface area contributed by atoms with Crippen molar-refractivity contribution >= 4 is 23.6 Å². The zero-order chi connectivity index (χ0) is 29.6. The molecule has 10 heteroatoms. The van der Waals surface area contributed by atoms with Gasteiger partial charge in [0.25, 0.3) is 5.91 Å². The lowest BCUT2D eigenvalue weighted by molar-refractivity contribution is -0.130. The van der Waals surface area contributed by atoms with E-state index in [1.165, 1.54) is 11.8 Å². The smallest absolute Gasteiger partial charge is 0.254 e. The van der Waals surface area contributed by atoms with Crippen molar-refractivity contribution in [2.24, 2.45) is 0 Å². The zero-order valence-electron chi connectivity index (χ0n) is 24.3. The zero-order valence-corrected chi connectivity index (χ0v) is 25.1. The number of rotatable bonds is 9. The first-order valence-electron chi connectivity index (χ1n) is 13.9. The molecule has 0 aliphatic carbocycles. The van der Waals surface area contributed by atoms with Crippen LogP contribution in [0.1, 0.15) is 34.2 Å². The van der Waals surface area contributed by atoms with Crippen molar-refractivity contribution in [1.82, 2.24) is 24.6 Å². The third-order valence-corrected chi connectivity index (χ3v) is 8.24. The highest BCUT2D eigenvalue weighted by Crippen LogP contribution is 2.27. The Morgan fingerprint density at radius 2 is 1.67 bits per heavy atom. The van der Waals surface area contributed by atoms with Gasteiger partial charge in [0.15, 0.2) is 5.16 Å². The SMILES string of the molecule is COc1cc(OC)cc(C(=O)N2CCN(C(=O)CSc3nnc(Cc4ccccc4)n3-c3cccc(C)c3)CC2C)c1. The highest BCUT2D eigenvalue weighted by molar-refractivity contribution is 7.99. The molecule has 1 saturated heterocycles. The van der Waals surface area contributed by atoms with Crippen LogP contribution in [0.25, 0.3) is 5.69 Å². The first-order chi connectivity index (χ1) is 20.4. The summed E-state index contributed by atoms with van der Waals surface area (Å²) in [4.78, 5) is 30.3. The van der Waals surface area contributed by atoms with Crippen molar-refractivity contribution in [3.05, 3.63) is 95.3 Å². The summed E-state index contributed by atoms with van der Waals surface area (Å²) < 4.78 is 12.7. The van der Waals surface area contributed by atoms with Crippen molar-refractivity contribution < 1.29 is 19.1 Å². The Morgan fingerprint density at radius 3 is 2.33 bits per heavy atom. The van der Waals surface area contributed by atoms with Gasteiger partial charge in [-0.3, -0.25) is 14.2 Å². The number of piperazine rings is 1. The van der Waals surface area contributed by atoms with Crippen molar-refractivity contribution in [2.75, 3.05) is 39.6 Å². The maximum absolute atomic E-state index is 13.4. The van der Waals surface area contributed by atoms with E-state index in [9.17, 15) is 9.59 Å². The number of aryl methyl sites for hydroxylation is 1. The van der Waals surface area contributed by atoms with E-state index in [1.54, 1.807) is 37.3 Å². The largest absolute Gasteiger partial charge is 0.497 e. The molecule has 1 fully saturated rings. The topological polar surface area (TPSA) is 89.8 Å². The summed E-state index contributed by atoms with van der Waals surface area (Å²) in [7, 11) is 3.11. The van der Waals surface area contributed by atoms with Crippen LogP contribution in [0.3, 0.4) is 0 Å². The first kappa shape index (κ1) is 29.2. The second-order valence-electron chi connectivity index (χ2n) is 10.3. The van der Waals surface area contributed by atoms with E-state index in [4.69, 9.17) is 9.47 Å². The number of carbonyl (C=O) groups is 2. The maximum Gasteiger partial charge on any atom is 0.254 e. The van der Waals surface area contributed by atoms with Crippen LogP contribution in [0, 0.1) is 6.92 Å². The minimum Gasteiger partial charge on any atom is -0.497 e. The van der Waals surface area contributed by atoms with Gasteiger partial charge in [0, 0.05) is 49.4 Å². The average molecular weight is 586 g/mol. The summed E-state index contributed by atoms with van der Waals surface area (Å²) in [5, 5.41) is 9.66. The molecule has 9 nitrogen and oxygen atoms in total. The van der Waals surface area contributed by atoms with Crippen molar-refractivity contribution in [3.8, 4) is 17.2 Å². The molecule has 1 unspecified atom stereocenters. The molecule has 1 aliphatic rings. The number of amides is 2. The highest BCUT2D eigenvalue weighted by atomic mass is 32.2. The van der Waals surface area contributed by atoms with Crippen LogP contribution in [-0.4, -0.2) is 82.0 Å². The van der Waals surface area contributed by atoms with Crippen molar-refractivity contribution in [2.45, 2.75) is 31.5 Å². The van der Waals surface area contributed by atoms with Crippen LogP contribution < -0.4 is 9.47 Å². The van der Waals surface area contributed by atoms with Gasteiger partial charge in [-0.05, 0) is 49.2 Å².